The molecule has 2 atom stereocenters. The zero-order valence-corrected chi connectivity index (χ0v) is 14.5. The Kier molecular flexibility index (Phi) is 6.68. The quantitative estimate of drug-likeness (QED) is 0.409. The Bertz CT molecular complexity index is 503. The Morgan fingerprint density at radius 3 is 2.33 bits per heavy atom. The van der Waals surface area contributed by atoms with Crippen molar-refractivity contribution in [2.75, 3.05) is 6.61 Å². The first-order valence-corrected chi connectivity index (χ1v) is 7.92. The van der Waals surface area contributed by atoms with Crippen molar-refractivity contribution in [1.29, 1.82) is 0 Å². The minimum atomic E-state index is -1.24. The van der Waals surface area contributed by atoms with E-state index in [9.17, 15) is 9.59 Å². The Morgan fingerprint density at radius 1 is 1.29 bits per heavy atom. The second-order valence-electron chi connectivity index (χ2n) is 4.66. The van der Waals surface area contributed by atoms with Crippen molar-refractivity contribution in [2.24, 2.45) is 5.41 Å². The molecule has 6 heteroatoms. The van der Waals surface area contributed by atoms with Gasteiger partial charge < -0.3 is 9.47 Å². The van der Waals surface area contributed by atoms with Crippen molar-refractivity contribution in [3.8, 4) is 5.75 Å². The van der Waals surface area contributed by atoms with Crippen molar-refractivity contribution in [1.82, 2.24) is 0 Å². The highest BCUT2D eigenvalue weighted by molar-refractivity contribution is 9.09. The number of carbonyl (C=O) groups excluding carboxylic acids is 2. The predicted octanol–water partition coefficient (Wildman–Crippen LogP) is 3.99. The van der Waals surface area contributed by atoms with Crippen LogP contribution >= 0.6 is 27.5 Å². The molecule has 0 amide bonds. The fraction of sp³-hybridized carbons (Fsp3) is 0.467. The molecule has 0 heterocycles. The number of ether oxygens (including phenoxy) is 2. The molecule has 4 nitrogen and oxygen atoms in total. The zero-order chi connectivity index (χ0) is 16.0. The van der Waals surface area contributed by atoms with Crippen molar-refractivity contribution in [3.05, 3.63) is 29.3 Å². The number of Topliss-reactive ketones (excluding diaryl/α,β-unsaturated/α-hetero) is 1. The van der Waals surface area contributed by atoms with Gasteiger partial charge >= 0.3 is 5.97 Å². The summed E-state index contributed by atoms with van der Waals surface area (Å²) in [6, 6.07) is 6.62. The first-order chi connectivity index (χ1) is 9.85. The third-order valence-corrected chi connectivity index (χ3v) is 4.09. The molecule has 0 aliphatic carbocycles. The minimum absolute atomic E-state index is 0.229. The van der Waals surface area contributed by atoms with E-state index >= 15 is 0 Å². The summed E-state index contributed by atoms with van der Waals surface area (Å²) in [7, 11) is 0. The van der Waals surface area contributed by atoms with E-state index in [2.05, 4.69) is 15.9 Å². The zero-order valence-electron chi connectivity index (χ0n) is 12.2. The largest absolute Gasteiger partial charge is 0.471 e. The van der Waals surface area contributed by atoms with E-state index in [1.165, 1.54) is 0 Å². The smallest absolute Gasteiger partial charge is 0.319 e. The lowest BCUT2D eigenvalue weighted by Crippen LogP contribution is -2.43. The number of ketones is 1. The van der Waals surface area contributed by atoms with Gasteiger partial charge in [0, 0.05) is 5.02 Å². The molecule has 1 rings (SSSR count). The first-order valence-electron chi connectivity index (χ1n) is 6.63. The van der Waals surface area contributed by atoms with Gasteiger partial charge in [-0.05, 0) is 60.5 Å². The van der Waals surface area contributed by atoms with Crippen LogP contribution in [0.1, 0.15) is 27.2 Å². The predicted molar refractivity (Wildman–Crippen MR) is 84.8 cm³/mol. The van der Waals surface area contributed by atoms with Gasteiger partial charge in [0.25, 0.3) is 0 Å². The fourth-order valence-electron chi connectivity index (χ4n) is 1.65. The summed E-state index contributed by atoms with van der Waals surface area (Å²) < 4.78 is 10.5. The molecular formula is C15H18BrClO4. The van der Waals surface area contributed by atoms with Crippen LogP contribution in [0.4, 0.5) is 0 Å². The summed E-state index contributed by atoms with van der Waals surface area (Å²) in [5.74, 6) is -0.433. The molecule has 0 saturated heterocycles. The average Bonchev–Trinajstić information content (AvgIpc) is 2.48. The van der Waals surface area contributed by atoms with E-state index in [1.807, 2.05) is 0 Å². The molecule has 0 aliphatic heterocycles. The molecule has 0 N–H and O–H groups in total. The van der Waals surface area contributed by atoms with Gasteiger partial charge in [-0.25, -0.2) is 0 Å². The molecule has 21 heavy (non-hydrogen) atoms. The highest BCUT2D eigenvalue weighted by Crippen LogP contribution is 2.30. The SMILES string of the molecule is CCOC(=O)C(C)(CC)C(=O)C(Br)Oc1ccc(Cl)cc1. The average molecular weight is 378 g/mol. The van der Waals surface area contributed by atoms with Gasteiger partial charge in [-0.2, -0.15) is 0 Å². The number of carbonyl (C=O) groups is 2. The third kappa shape index (κ3) is 4.45. The fourth-order valence-corrected chi connectivity index (χ4v) is 2.49. The van der Waals surface area contributed by atoms with Gasteiger partial charge in [-0.1, -0.05) is 18.5 Å². The highest BCUT2D eigenvalue weighted by atomic mass is 79.9. The monoisotopic (exact) mass is 376 g/mol. The topological polar surface area (TPSA) is 52.6 Å². The van der Waals surface area contributed by atoms with Crippen molar-refractivity contribution in [3.63, 3.8) is 0 Å². The summed E-state index contributed by atoms with van der Waals surface area (Å²) in [6.07, 6.45) is 0.330. The van der Waals surface area contributed by atoms with Gasteiger partial charge in [0.2, 0.25) is 10.8 Å². The van der Waals surface area contributed by atoms with E-state index in [0.29, 0.717) is 17.2 Å². The van der Waals surface area contributed by atoms with Gasteiger partial charge in [-0.15, -0.1) is 0 Å². The molecule has 1 aromatic rings. The Labute approximate surface area is 137 Å². The van der Waals surface area contributed by atoms with E-state index < -0.39 is 16.4 Å². The van der Waals surface area contributed by atoms with Crippen LogP contribution in [0.2, 0.25) is 5.02 Å². The third-order valence-electron chi connectivity index (χ3n) is 3.24. The number of alkyl halides is 1. The van der Waals surface area contributed by atoms with E-state index in [-0.39, 0.29) is 12.4 Å². The maximum atomic E-state index is 12.5. The van der Waals surface area contributed by atoms with Crippen LogP contribution in [0.5, 0.6) is 5.75 Å². The standard InChI is InChI=1S/C15H18BrClO4/c1-4-15(3,14(19)20-5-2)12(18)13(16)21-11-8-6-10(17)7-9-11/h6-9,13H,4-5H2,1-3H3. The van der Waals surface area contributed by atoms with Gasteiger partial charge in [-0.3, -0.25) is 9.59 Å². The van der Waals surface area contributed by atoms with Crippen LogP contribution in [0.25, 0.3) is 0 Å². The molecule has 0 fully saturated rings. The van der Waals surface area contributed by atoms with E-state index in [4.69, 9.17) is 21.1 Å². The van der Waals surface area contributed by atoms with E-state index in [1.54, 1.807) is 45.0 Å². The molecule has 0 aromatic heterocycles. The second kappa shape index (κ2) is 7.80. The normalized spacial score (nSPS) is 14.9. The number of esters is 1. The Morgan fingerprint density at radius 2 is 1.86 bits per heavy atom. The molecule has 0 radical (unpaired) electrons. The Balaban J connectivity index is 2.84. The number of hydrogen-bond donors (Lipinski definition) is 0. The number of halogens is 2. The number of benzene rings is 1. The molecule has 1 aromatic carbocycles. The van der Waals surface area contributed by atoms with Crippen molar-refractivity contribution in [2.45, 2.75) is 32.2 Å². The van der Waals surface area contributed by atoms with Gasteiger partial charge in [0.1, 0.15) is 11.2 Å². The summed E-state index contributed by atoms with van der Waals surface area (Å²) in [4.78, 5) is 24.5. The van der Waals surface area contributed by atoms with Crippen LogP contribution in [-0.4, -0.2) is 23.4 Å². The maximum Gasteiger partial charge on any atom is 0.319 e. The lowest BCUT2D eigenvalue weighted by molar-refractivity contribution is -0.160. The lowest BCUT2D eigenvalue weighted by atomic mass is 9.83. The van der Waals surface area contributed by atoms with Crippen molar-refractivity contribution < 1.29 is 19.1 Å². The highest BCUT2D eigenvalue weighted by Gasteiger charge is 2.44. The first kappa shape index (κ1) is 18.0. The van der Waals surface area contributed by atoms with Crippen molar-refractivity contribution >= 4 is 39.3 Å². The van der Waals surface area contributed by atoms with Crippen LogP contribution < -0.4 is 4.74 Å². The minimum Gasteiger partial charge on any atom is -0.471 e. The van der Waals surface area contributed by atoms with Crippen LogP contribution in [0.15, 0.2) is 24.3 Å². The molecule has 0 aliphatic rings. The summed E-state index contributed by atoms with van der Waals surface area (Å²) in [6.45, 7) is 5.25. The second-order valence-corrected chi connectivity index (χ2v) is 5.93. The lowest BCUT2D eigenvalue weighted by Gasteiger charge is -2.26. The molecule has 0 spiro atoms. The van der Waals surface area contributed by atoms with Gasteiger partial charge in [0.15, 0.2) is 0 Å². The molecular weight excluding hydrogens is 360 g/mol. The molecule has 0 bridgehead atoms. The molecule has 0 saturated carbocycles. The molecule has 2 unspecified atom stereocenters. The molecule has 116 valence electrons. The Hall–Kier alpha value is -1.07. The van der Waals surface area contributed by atoms with Crippen LogP contribution in [0, 0.1) is 5.41 Å². The van der Waals surface area contributed by atoms with Crippen LogP contribution in [0.3, 0.4) is 0 Å². The summed E-state index contributed by atoms with van der Waals surface area (Å²) in [5.41, 5.74) is -1.24. The van der Waals surface area contributed by atoms with Gasteiger partial charge in [0.05, 0.1) is 6.61 Å². The number of hydrogen-bond acceptors (Lipinski definition) is 4. The van der Waals surface area contributed by atoms with Crippen LogP contribution in [-0.2, 0) is 14.3 Å². The summed E-state index contributed by atoms with van der Waals surface area (Å²) in [5, 5.41) is -0.363. The van der Waals surface area contributed by atoms with E-state index in [0.717, 1.165) is 0 Å². The number of rotatable bonds is 7. The maximum absolute atomic E-state index is 12.5. The summed E-state index contributed by atoms with van der Waals surface area (Å²) >= 11 is 8.97.